The van der Waals surface area contributed by atoms with E-state index in [0.717, 1.165) is 19.4 Å². The molecule has 0 radical (unpaired) electrons. The highest BCUT2D eigenvalue weighted by Gasteiger charge is 2.39. The van der Waals surface area contributed by atoms with Crippen LogP contribution in [0.2, 0.25) is 0 Å². The number of rotatable bonds is 2. The summed E-state index contributed by atoms with van der Waals surface area (Å²) < 4.78 is 0. The molecule has 92 valence electrons. The summed E-state index contributed by atoms with van der Waals surface area (Å²) in [7, 11) is 0. The second-order valence-corrected chi connectivity index (χ2v) is 5.37. The lowest BCUT2D eigenvalue weighted by Crippen LogP contribution is -2.45. The van der Waals surface area contributed by atoms with Crippen LogP contribution in [-0.2, 0) is 4.79 Å². The van der Waals surface area contributed by atoms with Crippen molar-refractivity contribution in [2.45, 2.75) is 64.6 Å². The number of hydrogen-bond acceptors (Lipinski definition) is 2. The van der Waals surface area contributed by atoms with Gasteiger partial charge in [-0.05, 0) is 46.1 Å². The molecule has 0 saturated carbocycles. The van der Waals surface area contributed by atoms with Crippen LogP contribution in [0.4, 0.5) is 0 Å². The van der Waals surface area contributed by atoms with Crippen LogP contribution in [0.15, 0.2) is 0 Å². The Morgan fingerprint density at radius 3 is 2.62 bits per heavy atom. The zero-order valence-corrected chi connectivity index (χ0v) is 10.7. The van der Waals surface area contributed by atoms with E-state index in [0.29, 0.717) is 24.0 Å². The number of nitrogens with zero attached hydrogens (tertiary/aromatic N) is 1. The molecule has 2 aliphatic heterocycles. The summed E-state index contributed by atoms with van der Waals surface area (Å²) in [5.74, 6) is 0.615. The van der Waals surface area contributed by atoms with E-state index in [-0.39, 0.29) is 5.92 Å². The Balaban J connectivity index is 2.07. The van der Waals surface area contributed by atoms with E-state index in [1.807, 2.05) is 0 Å². The van der Waals surface area contributed by atoms with E-state index in [4.69, 9.17) is 0 Å². The molecule has 3 heteroatoms. The molecule has 4 atom stereocenters. The van der Waals surface area contributed by atoms with E-state index in [2.05, 4.69) is 31.0 Å². The highest BCUT2D eigenvalue weighted by atomic mass is 16.2. The second-order valence-electron chi connectivity index (χ2n) is 5.37. The molecule has 0 aromatic rings. The monoisotopic (exact) mass is 224 g/mol. The average Bonchev–Trinajstić information content (AvgIpc) is 2.83. The maximum atomic E-state index is 12.5. The van der Waals surface area contributed by atoms with Crippen molar-refractivity contribution in [3.8, 4) is 0 Å². The standard InChI is InChI=1S/C13H24N2O/c1-4-11-6-5-9(2)15(11)13(16)12-7-8-14-10(12)3/h9-12,14H,4-8H2,1-3H3. The molecule has 0 spiro atoms. The SMILES string of the molecule is CCC1CCC(C)N1C(=O)C1CCNC1C. The molecule has 2 saturated heterocycles. The number of carbonyl (C=O) groups excluding carboxylic acids is 1. The van der Waals surface area contributed by atoms with E-state index < -0.39 is 0 Å². The third-order valence-corrected chi connectivity index (χ3v) is 4.35. The topological polar surface area (TPSA) is 32.3 Å². The summed E-state index contributed by atoms with van der Waals surface area (Å²) in [6.07, 6.45) is 4.49. The Hall–Kier alpha value is -0.570. The van der Waals surface area contributed by atoms with Crippen LogP contribution < -0.4 is 5.32 Å². The molecule has 1 amide bonds. The summed E-state index contributed by atoms with van der Waals surface area (Å²) in [6.45, 7) is 7.52. The quantitative estimate of drug-likeness (QED) is 0.775. The van der Waals surface area contributed by atoms with Crippen molar-refractivity contribution in [3.05, 3.63) is 0 Å². The van der Waals surface area contributed by atoms with Crippen molar-refractivity contribution >= 4 is 5.91 Å². The van der Waals surface area contributed by atoms with Gasteiger partial charge in [-0.1, -0.05) is 6.92 Å². The van der Waals surface area contributed by atoms with E-state index >= 15 is 0 Å². The number of amides is 1. The van der Waals surface area contributed by atoms with Crippen LogP contribution in [0.3, 0.4) is 0 Å². The highest BCUT2D eigenvalue weighted by molar-refractivity contribution is 5.80. The van der Waals surface area contributed by atoms with Crippen LogP contribution in [0.1, 0.15) is 46.5 Å². The lowest BCUT2D eigenvalue weighted by Gasteiger charge is -2.31. The fraction of sp³-hybridized carbons (Fsp3) is 0.923. The minimum Gasteiger partial charge on any atom is -0.337 e. The maximum Gasteiger partial charge on any atom is 0.227 e. The molecule has 2 fully saturated rings. The fourth-order valence-electron chi connectivity index (χ4n) is 3.26. The van der Waals surface area contributed by atoms with E-state index in [1.54, 1.807) is 0 Å². The Morgan fingerprint density at radius 2 is 2.06 bits per heavy atom. The summed E-state index contributed by atoms with van der Waals surface area (Å²) in [4.78, 5) is 14.7. The van der Waals surface area contributed by atoms with Crippen molar-refractivity contribution in [3.63, 3.8) is 0 Å². The Labute approximate surface area is 98.6 Å². The first-order valence-corrected chi connectivity index (χ1v) is 6.70. The molecular formula is C13H24N2O. The van der Waals surface area contributed by atoms with Gasteiger partial charge in [0.1, 0.15) is 0 Å². The van der Waals surface area contributed by atoms with Crippen molar-refractivity contribution < 1.29 is 4.79 Å². The largest absolute Gasteiger partial charge is 0.337 e. The van der Waals surface area contributed by atoms with Crippen molar-refractivity contribution in [2.24, 2.45) is 5.92 Å². The van der Waals surface area contributed by atoms with Gasteiger partial charge in [-0.25, -0.2) is 0 Å². The second kappa shape index (κ2) is 4.74. The van der Waals surface area contributed by atoms with Gasteiger partial charge in [-0.2, -0.15) is 0 Å². The minimum absolute atomic E-state index is 0.217. The summed E-state index contributed by atoms with van der Waals surface area (Å²) in [5, 5.41) is 3.37. The third-order valence-electron chi connectivity index (χ3n) is 4.35. The smallest absolute Gasteiger partial charge is 0.227 e. The first kappa shape index (κ1) is 11.9. The lowest BCUT2D eigenvalue weighted by molar-refractivity contribution is -0.138. The number of hydrogen-bond donors (Lipinski definition) is 1. The number of likely N-dealkylation sites (tertiary alicyclic amines) is 1. The van der Waals surface area contributed by atoms with Gasteiger partial charge in [-0.15, -0.1) is 0 Å². The van der Waals surface area contributed by atoms with Crippen LogP contribution in [-0.4, -0.2) is 35.5 Å². The number of nitrogens with one attached hydrogen (secondary N) is 1. The normalized spacial score (nSPS) is 39.3. The van der Waals surface area contributed by atoms with Crippen molar-refractivity contribution in [1.82, 2.24) is 10.2 Å². The molecule has 16 heavy (non-hydrogen) atoms. The first-order valence-electron chi connectivity index (χ1n) is 6.70. The van der Waals surface area contributed by atoms with Gasteiger partial charge in [0.15, 0.2) is 0 Å². The molecule has 1 N–H and O–H groups in total. The van der Waals surface area contributed by atoms with Gasteiger partial charge >= 0.3 is 0 Å². The van der Waals surface area contributed by atoms with Gasteiger partial charge in [0.25, 0.3) is 0 Å². The van der Waals surface area contributed by atoms with Crippen LogP contribution in [0.25, 0.3) is 0 Å². The Bertz CT molecular complexity index is 267. The minimum atomic E-state index is 0.217. The molecule has 3 nitrogen and oxygen atoms in total. The molecule has 0 aromatic heterocycles. The molecule has 2 aliphatic rings. The van der Waals surface area contributed by atoms with Gasteiger partial charge in [0.2, 0.25) is 5.91 Å². The molecule has 2 heterocycles. The van der Waals surface area contributed by atoms with Crippen LogP contribution >= 0.6 is 0 Å². The molecule has 0 bridgehead atoms. The summed E-state index contributed by atoms with van der Waals surface area (Å²) in [6, 6.07) is 1.30. The fourth-order valence-corrected chi connectivity index (χ4v) is 3.26. The van der Waals surface area contributed by atoms with Gasteiger partial charge in [-0.3, -0.25) is 4.79 Å². The van der Waals surface area contributed by atoms with E-state index in [1.165, 1.54) is 12.8 Å². The summed E-state index contributed by atoms with van der Waals surface area (Å²) >= 11 is 0. The maximum absolute atomic E-state index is 12.5. The molecule has 4 unspecified atom stereocenters. The lowest BCUT2D eigenvalue weighted by atomic mass is 9.99. The predicted molar refractivity (Wildman–Crippen MR) is 65.2 cm³/mol. The average molecular weight is 224 g/mol. The van der Waals surface area contributed by atoms with Crippen molar-refractivity contribution in [2.75, 3.05) is 6.54 Å². The highest BCUT2D eigenvalue weighted by Crippen LogP contribution is 2.30. The van der Waals surface area contributed by atoms with Crippen LogP contribution in [0, 0.1) is 5.92 Å². The van der Waals surface area contributed by atoms with Crippen LogP contribution in [0.5, 0.6) is 0 Å². The Morgan fingerprint density at radius 1 is 1.31 bits per heavy atom. The Kier molecular flexibility index (Phi) is 3.53. The van der Waals surface area contributed by atoms with Gasteiger partial charge < -0.3 is 10.2 Å². The van der Waals surface area contributed by atoms with Gasteiger partial charge in [0.05, 0.1) is 5.92 Å². The van der Waals surface area contributed by atoms with Crippen molar-refractivity contribution in [1.29, 1.82) is 0 Å². The first-order chi connectivity index (χ1) is 7.65. The zero-order valence-electron chi connectivity index (χ0n) is 10.7. The zero-order chi connectivity index (χ0) is 11.7. The summed E-state index contributed by atoms with van der Waals surface area (Å²) in [5.41, 5.74) is 0. The van der Waals surface area contributed by atoms with Gasteiger partial charge in [0, 0.05) is 18.1 Å². The third kappa shape index (κ3) is 1.97. The van der Waals surface area contributed by atoms with E-state index in [9.17, 15) is 4.79 Å². The molecular weight excluding hydrogens is 200 g/mol. The molecule has 0 aromatic carbocycles. The predicted octanol–water partition coefficient (Wildman–Crippen LogP) is 1.77. The molecule has 2 rings (SSSR count). The molecule has 0 aliphatic carbocycles. The number of carbonyl (C=O) groups is 1.